The minimum atomic E-state index is -3.13. The van der Waals surface area contributed by atoms with E-state index in [2.05, 4.69) is 6.07 Å². The summed E-state index contributed by atoms with van der Waals surface area (Å²) in [5, 5.41) is 18.3. The summed E-state index contributed by atoms with van der Waals surface area (Å²) in [5.41, 5.74) is 1.73. The lowest BCUT2D eigenvalue weighted by atomic mass is 10.1. The maximum atomic E-state index is 11.6. The van der Waals surface area contributed by atoms with Crippen molar-refractivity contribution in [3.8, 4) is 6.07 Å². The molecular formula is C14H16N2O4S. The third-order valence-electron chi connectivity index (χ3n) is 3.54. The van der Waals surface area contributed by atoms with E-state index >= 15 is 0 Å². The van der Waals surface area contributed by atoms with E-state index in [0.717, 1.165) is 5.56 Å². The molecule has 0 radical (unpaired) electrons. The van der Waals surface area contributed by atoms with Gasteiger partial charge in [-0.2, -0.15) is 5.26 Å². The van der Waals surface area contributed by atoms with Gasteiger partial charge in [0.1, 0.15) is 12.6 Å². The quantitative estimate of drug-likeness (QED) is 0.889. The van der Waals surface area contributed by atoms with Crippen LogP contribution in [0.25, 0.3) is 0 Å². The Morgan fingerprint density at radius 3 is 2.76 bits per heavy atom. The Labute approximate surface area is 123 Å². The topological polar surface area (TPSA) is 98.5 Å². The average molecular weight is 308 g/mol. The number of benzene rings is 1. The fraction of sp³-hybridized carbons (Fsp3) is 0.429. The van der Waals surface area contributed by atoms with Gasteiger partial charge in [0.15, 0.2) is 9.84 Å². The second-order valence-electron chi connectivity index (χ2n) is 5.21. The molecule has 2 rings (SSSR count). The summed E-state index contributed by atoms with van der Waals surface area (Å²) in [6.45, 7) is 1.52. The van der Waals surface area contributed by atoms with E-state index < -0.39 is 21.8 Å². The maximum Gasteiger partial charge on any atom is 0.323 e. The van der Waals surface area contributed by atoms with Crippen molar-refractivity contribution in [2.45, 2.75) is 19.4 Å². The molecule has 1 atom stereocenters. The summed E-state index contributed by atoms with van der Waals surface area (Å²) in [7, 11) is -3.13. The van der Waals surface area contributed by atoms with Gasteiger partial charge in [-0.15, -0.1) is 0 Å². The highest BCUT2D eigenvalue weighted by Gasteiger charge is 2.34. The molecule has 0 bridgehead atoms. The molecule has 1 fully saturated rings. The number of carboxylic acid groups (broad SMARTS) is 1. The second-order valence-corrected chi connectivity index (χ2v) is 7.44. The Morgan fingerprint density at radius 1 is 1.52 bits per heavy atom. The smallest absolute Gasteiger partial charge is 0.323 e. The number of hydrogen-bond acceptors (Lipinski definition) is 5. The van der Waals surface area contributed by atoms with E-state index in [0.29, 0.717) is 17.7 Å². The summed E-state index contributed by atoms with van der Waals surface area (Å²) in [5.74, 6) is -1.07. The van der Waals surface area contributed by atoms with E-state index in [-0.39, 0.29) is 18.1 Å². The van der Waals surface area contributed by atoms with Crippen LogP contribution in [0, 0.1) is 18.3 Å². The monoisotopic (exact) mass is 308 g/mol. The van der Waals surface area contributed by atoms with Crippen molar-refractivity contribution in [1.29, 1.82) is 5.26 Å². The van der Waals surface area contributed by atoms with Gasteiger partial charge in [0.2, 0.25) is 0 Å². The molecule has 6 nitrogen and oxygen atoms in total. The Hall–Kier alpha value is -2.07. The van der Waals surface area contributed by atoms with Crippen LogP contribution in [-0.4, -0.2) is 43.6 Å². The molecule has 1 aromatic rings. The Kier molecular flexibility index (Phi) is 4.19. The van der Waals surface area contributed by atoms with Crippen molar-refractivity contribution in [3.63, 3.8) is 0 Å². The fourth-order valence-electron chi connectivity index (χ4n) is 2.57. The van der Waals surface area contributed by atoms with Crippen LogP contribution in [0.1, 0.15) is 17.5 Å². The molecule has 0 aromatic heterocycles. The number of hydrogen-bond donors (Lipinski definition) is 1. The molecule has 1 heterocycles. The van der Waals surface area contributed by atoms with E-state index in [4.69, 9.17) is 5.11 Å². The summed E-state index contributed by atoms with van der Waals surface area (Å²) in [4.78, 5) is 12.6. The molecule has 1 aliphatic rings. The number of anilines is 1. The minimum absolute atomic E-state index is 0.0571. The van der Waals surface area contributed by atoms with Crippen LogP contribution in [0.5, 0.6) is 0 Å². The molecule has 0 spiro atoms. The predicted molar refractivity (Wildman–Crippen MR) is 77.9 cm³/mol. The SMILES string of the molecule is Cc1ccc(N(CC(=O)O)C2CCS(=O)(=O)C2)c(C#N)c1. The number of carboxylic acids is 1. The van der Waals surface area contributed by atoms with Gasteiger partial charge in [-0.05, 0) is 31.0 Å². The molecule has 1 saturated heterocycles. The van der Waals surface area contributed by atoms with Crippen molar-refractivity contribution in [1.82, 2.24) is 0 Å². The van der Waals surface area contributed by atoms with Crippen molar-refractivity contribution >= 4 is 21.5 Å². The number of nitrogens with zero attached hydrogens (tertiary/aromatic N) is 2. The largest absolute Gasteiger partial charge is 0.480 e. The first-order chi connectivity index (χ1) is 9.82. The molecular weight excluding hydrogens is 292 g/mol. The van der Waals surface area contributed by atoms with Crippen LogP contribution < -0.4 is 4.90 Å². The highest BCUT2D eigenvalue weighted by Crippen LogP contribution is 2.27. The van der Waals surface area contributed by atoms with Gasteiger partial charge < -0.3 is 10.0 Å². The molecule has 0 aliphatic carbocycles. The molecule has 1 N–H and O–H groups in total. The zero-order chi connectivity index (χ0) is 15.6. The maximum absolute atomic E-state index is 11.6. The van der Waals surface area contributed by atoms with E-state index in [1.165, 1.54) is 4.90 Å². The summed E-state index contributed by atoms with van der Waals surface area (Å²) in [6.07, 6.45) is 0.383. The van der Waals surface area contributed by atoms with Crippen LogP contribution in [0.15, 0.2) is 18.2 Å². The van der Waals surface area contributed by atoms with Crippen molar-refractivity contribution in [3.05, 3.63) is 29.3 Å². The lowest BCUT2D eigenvalue weighted by Crippen LogP contribution is -2.40. The number of aliphatic carboxylic acids is 1. The van der Waals surface area contributed by atoms with Crippen molar-refractivity contribution in [2.75, 3.05) is 23.0 Å². The molecule has 1 aromatic carbocycles. The highest BCUT2D eigenvalue weighted by atomic mass is 32.2. The van der Waals surface area contributed by atoms with Crippen molar-refractivity contribution in [2.24, 2.45) is 0 Å². The van der Waals surface area contributed by atoms with Gasteiger partial charge in [-0.1, -0.05) is 6.07 Å². The van der Waals surface area contributed by atoms with Crippen LogP contribution in [0.3, 0.4) is 0 Å². The first kappa shape index (κ1) is 15.3. The Balaban J connectivity index is 2.42. The highest BCUT2D eigenvalue weighted by molar-refractivity contribution is 7.91. The molecule has 1 aliphatic heterocycles. The van der Waals surface area contributed by atoms with Gasteiger partial charge in [0, 0.05) is 6.04 Å². The van der Waals surface area contributed by atoms with E-state index in [1.54, 1.807) is 18.2 Å². The van der Waals surface area contributed by atoms with Crippen LogP contribution in [0.2, 0.25) is 0 Å². The van der Waals surface area contributed by atoms with E-state index in [9.17, 15) is 18.5 Å². The molecule has 0 saturated carbocycles. The number of aryl methyl sites for hydroxylation is 1. The molecule has 112 valence electrons. The second kappa shape index (κ2) is 5.74. The average Bonchev–Trinajstić information content (AvgIpc) is 2.76. The third-order valence-corrected chi connectivity index (χ3v) is 5.29. The molecule has 7 heteroatoms. The lowest BCUT2D eigenvalue weighted by molar-refractivity contribution is -0.135. The van der Waals surface area contributed by atoms with Crippen LogP contribution in [-0.2, 0) is 14.6 Å². The van der Waals surface area contributed by atoms with Crippen LogP contribution >= 0.6 is 0 Å². The standard InChI is InChI=1S/C14H16N2O4S/c1-10-2-3-13(11(6-10)7-15)16(8-14(17)18)12-4-5-21(19,20)9-12/h2-3,6,12H,4-5,8-9H2,1H3,(H,17,18). The number of nitriles is 1. The normalized spacial score (nSPS) is 19.9. The fourth-order valence-corrected chi connectivity index (χ4v) is 4.30. The van der Waals surface area contributed by atoms with Crippen LogP contribution in [0.4, 0.5) is 5.69 Å². The Bertz CT molecular complexity index is 706. The van der Waals surface area contributed by atoms with Crippen molar-refractivity contribution < 1.29 is 18.3 Å². The van der Waals surface area contributed by atoms with Gasteiger partial charge in [-0.3, -0.25) is 4.79 Å². The number of sulfone groups is 1. The minimum Gasteiger partial charge on any atom is -0.480 e. The zero-order valence-electron chi connectivity index (χ0n) is 11.6. The lowest BCUT2D eigenvalue weighted by Gasteiger charge is -2.29. The Morgan fingerprint density at radius 2 is 2.24 bits per heavy atom. The first-order valence-electron chi connectivity index (χ1n) is 6.52. The summed E-state index contributed by atoms with van der Waals surface area (Å²) >= 11 is 0. The van der Waals surface area contributed by atoms with E-state index in [1.807, 2.05) is 6.92 Å². The third kappa shape index (κ3) is 3.52. The van der Waals surface area contributed by atoms with Gasteiger partial charge >= 0.3 is 5.97 Å². The predicted octanol–water partition coefficient (Wildman–Crippen LogP) is 0.945. The number of rotatable bonds is 4. The summed E-state index contributed by atoms with van der Waals surface area (Å²) in [6, 6.07) is 6.79. The molecule has 21 heavy (non-hydrogen) atoms. The zero-order valence-corrected chi connectivity index (χ0v) is 12.4. The van der Waals surface area contributed by atoms with Gasteiger partial charge in [0.25, 0.3) is 0 Å². The van der Waals surface area contributed by atoms with Gasteiger partial charge in [0.05, 0.1) is 22.8 Å². The summed E-state index contributed by atoms with van der Waals surface area (Å²) < 4.78 is 23.3. The molecule has 0 amide bonds. The molecule has 1 unspecified atom stereocenters. The first-order valence-corrected chi connectivity index (χ1v) is 8.34. The number of carbonyl (C=O) groups is 1. The van der Waals surface area contributed by atoms with Gasteiger partial charge in [-0.25, -0.2) is 8.42 Å².